The van der Waals surface area contributed by atoms with Crippen LogP contribution in [0.3, 0.4) is 0 Å². The predicted molar refractivity (Wildman–Crippen MR) is 159 cm³/mol. The van der Waals surface area contributed by atoms with Crippen LogP contribution in [0, 0.1) is 12.3 Å². The topological polar surface area (TPSA) is 53.5 Å². The van der Waals surface area contributed by atoms with Crippen LogP contribution in [0.15, 0.2) is 36.4 Å². The van der Waals surface area contributed by atoms with Gasteiger partial charge in [0, 0.05) is 41.2 Å². The van der Waals surface area contributed by atoms with Gasteiger partial charge in [-0.2, -0.15) is 9.97 Å². The molecule has 206 valence electrons. The molecule has 3 aromatic rings. The number of fused-ring (bicyclic) bond motifs is 5. The Morgan fingerprint density at radius 2 is 1.77 bits per heavy atom. The lowest BCUT2D eigenvalue weighted by Crippen LogP contribution is -2.43. The van der Waals surface area contributed by atoms with Crippen LogP contribution in [0.4, 0.5) is 5.69 Å². The highest BCUT2D eigenvalue weighted by Gasteiger charge is 2.45. The molecule has 0 aliphatic carbocycles. The van der Waals surface area contributed by atoms with Crippen LogP contribution >= 0.6 is 0 Å². The van der Waals surface area contributed by atoms with Crippen molar-refractivity contribution >= 4 is 16.5 Å². The lowest BCUT2D eigenvalue weighted by Gasteiger charge is -2.35. The molecule has 2 aromatic carbocycles. The molecule has 40 heavy (non-hydrogen) atoms. The fourth-order valence-corrected chi connectivity index (χ4v) is 8.69. The Morgan fingerprint density at radius 3 is 2.55 bits per heavy atom. The average molecular weight is 534 g/mol. The van der Waals surface area contributed by atoms with Crippen LogP contribution in [-0.4, -0.2) is 58.7 Å². The fourth-order valence-electron chi connectivity index (χ4n) is 8.69. The molecule has 0 spiro atoms. The first-order chi connectivity index (χ1) is 19.7. The third-order valence-electron chi connectivity index (χ3n) is 10.6. The molecule has 4 saturated heterocycles. The SMILES string of the molecule is C#Cc1cccc2cccc(N3CCc4c(nc(OCC56CCCN5CCC6)nc4[C@H]4C[C@H]5CC[C@@H](C4)N5)C3)c12. The molecule has 0 unspecified atom stereocenters. The lowest BCUT2D eigenvalue weighted by atomic mass is 9.85. The number of ether oxygens (including phenoxy) is 1. The quantitative estimate of drug-likeness (QED) is 0.456. The third kappa shape index (κ3) is 4.09. The van der Waals surface area contributed by atoms with E-state index in [1.807, 2.05) is 0 Å². The average Bonchev–Trinajstić information content (AvgIpc) is 3.68. The standard InChI is InChI=1S/C34H39N5O/c1-2-23-7-3-8-24-9-4-10-30(31(23)24)38-18-13-28-29(21-38)36-33(40-22-34-14-5-16-39(34)17-6-15-34)37-32(28)25-19-26-11-12-27(20-25)35-26/h1,3-4,7-10,25-27,35H,5-6,11-22H2/t25-,26+,27-. The van der Waals surface area contributed by atoms with Crippen molar-refractivity contribution in [2.24, 2.45) is 0 Å². The highest BCUT2D eigenvalue weighted by atomic mass is 16.5. The molecule has 5 aliphatic rings. The summed E-state index contributed by atoms with van der Waals surface area (Å²) in [4.78, 5) is 15.5. The molecule has 4 fully saturated rings. The summed E-state index contributed by atoms with van der Waals surface area (Å²) in [7, 11) is 0. The second-order valence-electron chi connectivity index (χ2n) is 12.8. The monoisotopic (exact) mass is 533 g/mol. The maximum Gasteiger partial charge on any atom is 0.316 e. The fraction of sp³-hybridized carbons (Fsp3) is 0.529. The van der Waals surface area contributed by atoms with E-state index in [2.05, 4.69) is 57.4 Å². The summed E-state index contributed by atoms with van der Waals surface area (Å²) in [5, 5.41) is 6.18. The molecular weight excluding hydrogens is 494 g/mol. The van der Waals surface area contributed by atoms with Crippen molar-refractivity contribution in [1.29, 1.82) is 0 Å². The molecule has 3 atom stereocenters. The van der Waals surface area contributed by atoms with Gasteiger partial charge in [-0.15, -0.1) is 6.42 Å². The molecular formula is C34H39N5O. The zero-order valence-electron chi connectivity index (χ0n) is 23.4. The van der Waals surface area contributed by atoms with Gasteiger partial charge in [0.25, 0.3) is 0 Å². The highest BCUT2D eigenvalue weighted by Crippen LogP contribution is 2.42. The van der Waals surface area contributed by atoms with E-state index in [-0.39, 0.29) is 5.54 Å². The van der Waals surface area contributed by atoms with E-state index < -0.39 is 0 Å². The summed E-state index contributed by atoms with van der Waals surface area (Å²) in [5.41, 5.74) is 6.12. The molecule has 2 bridgehead atoms. The van der Waals surface area contributed by atoms with E-state index in [1.165, 1.54) is 92.2 Å². The number of rotatable bonds is 5. The van der Waals surface area contributed by atoms with Crippen LogP contribution in [0.25, 0.3) is 10.8 Å². The molecule has 6 heteroatoms. The lowest BCUT2D eigenvalue weighted by molar-refractivity contribution is 0.107. The van der Waals surface area contributed by atoms with Crippen molar-refractivity contribution in [2.75, 3.05) is 31.1 Å². The maximum absolute atomic E-state index is 6.58. The molecule has 0 amide bonds. The minimum atomic E-state index is 0.188. The molecule has 0 saturated carbocycles. The maximum atomic E-state index is 6.58. The van der Waals surface area contributed by atoms with Crippen molar-refractivity contribution in [1.82, 2.24) is 20.2 Å². The van der Waals surface area contributed by atoms with Gasteiger partial charge in [0.15, 0.2) is 0 Å². The molecule has 5 aliphatic heterocycles. The number of benzene rings is 2. The predicted octanol–water partition coefficient (Wildman–Crippen LogP) is 5.18. The highest BCUT2D eigenvalue weighted by molar-refractivity contribution is 5.98. The van der Waals surface area contributed by atoms with Crippen molar-refractivity contribution in [3.8, 4) is 18.4 Å². The van der Waals surface area contributed by atoms with E-state index in [1.54, 1.807) is 0 Å². The Balaban J connectivity index is 1.15. The van der Waals surface area contributed by atoms with Crippen molar-refractivity contribution < 1.29 is 4.74 Å². The van der Waals surface area contributed by atoms with E-state index in [9.17, 15) is 0 Å². The number of aromatic nitrogens is 2. The van der Waals surface area contributed by atoms with E-state index >= 15 is 0 Å². The third-order valence-corrected chi connectivity index (χ3v) is 10.6. The van der Waals surface area contributed by atoms with Crippen LogP contribution in [0.1, 0.15) is 79.8 Å². The smallest absolute Gasteiger partial charge is 0.316 e. The zero-order chi connectivity index (χ0) is 26.7. The summed E-state index contributed by atoms with van der Waals surface area (Å²) in [5.74, 6) is 3.41. The second kappa shape index (κ2) is 9.75. The van der Waals surface area contributed by atoms with Gasteiger partial charge >= 0.3 is 6.01 Å². The molecule has 6 nitrogen and oxygen atoms in total. The largest absolute Gasteiger partial charge is 0.461 e. The number of piperidine rings is 1. The summed E-state index contributed by atoms with van der Waals surface area (Å²) in [6.07, 6.45) is 16.9. The minimum absolute atomic E-state index is 0.188. The van der Waals surface area contributed by atoms with Crippen LogP contribution < -0.4 is 15.0 Å². The van der Waals surface area contributed by atoms with Crippen molar-refractivity contribution in [2.45, 2.75) is 87.9 Å². The van der Waals surface area contributed by atoms with E-state index in [0.717, 1.165) is 30.8 Å². The molecule has 6 heterocycles. The van der Waals surface area contributed by atoms with Gasteiger partial charge in [0.1, 0.15) is 6.61 Å². The molecule has 0 radical (unpaired) electrons. The van der Waals surface area contributed by atoms with Crippen LogP contribution in [0.2, 0.25) is 0 Å². The Labute approximate surface area is 237 Å². The first-order valence-corrected chi connectivity index (χ1v) is 15.5. The van der Waals surface area contributed by atoms with Crippen LogP contribution in [-0.2, 0) is 13.0 Å². The Bertz CT molecular complexity index is 1470. The summed E-state index contributed by atoms with van der Waals surface area (Å²) in [6, 6.07) is 14.6. The Morgan fingerprint density at radius 1 is 1.00 bits per heavy atom. The first kappa shape index (κ1) is 24.6. The number of hydrogen-bond donors (Lipinski definition) is 1. The Hall–Kier alpha value is -3.14. The first-order valence-electron chi connectivity index (χ1n) is 15.5. The zero-order valence-corrected chi connectivity index (χ0v) is 23.4. The van der Waals surface area contributed by atoms with E-state index in [0.29, 0.717) is 30.6 Å². The van der Waals surface area contributed by atoms with Gasteiger partial charge in [-0.25, -0.2) is 0 Å². The normalized spacial score (nSPS) is 27.0. The number of nitrogens with one attached hydrogen (secondary N) is 1. The summed E-state index contributed by atoms with van der Waals surface area (Å²) < 4.78 is 6.58. The number of nitrogens with zero attached hydrogens (tertiary/aromatic N) is 4. The van der Waals surface area contributed by atoms with Gasteiger partial charge in [-0.3, -0.25) is 4.90 Å². The van der Waals surface area contributed by atoms with Crippen LogP contribution in [0.5, 0.6) is 6.01 Å². The molecule has 1 N–H and O–H groups in total. The Kier molecular flexibility index (Phi) is 6.00. The minimum Gasteiger partial charge on any atom is -0.461 e. The number of hydrogen-bond acceptors (Lipinski definition) is 6. The second-order valence-corrected chi connectivity index (χ2v) is 12.8. The number of anilines is 1. The van der Waals surface area contributed by atoms with Gasteiger partial charge in [-0.1, -0.05) is 30.2 Å². The van der Waals surface area contributed by atoms with Gasteiger partial charge < -0.3 is 15.0 Å². The van der Waals surface area contributed by atoms with E-state index in [4.69, 9.17) is 21.1 Å². The summed E-state index contributed by atoms with van der Waals surface area (Å²) >= 11 is 0. The molecule has 8 rings (SSSR count). The van der Waals surface area contributed by atoms with Crippen molar-refractivity contribution in [3.63, 3.8) is 0 Å². The van der Waals surface area contributed by atoms with Gasteiger partial charge in [-0.05, 0) is 94.0 Å². The van der Waals surface area contributed by atoms with Gasteiger partial charge in [0.05, 0.1) is 23.5 Å². The van der Waals surface area contributed by atoms with Gasteiger partial charge in [0.2, 0.25) is 0 Å². The summed E-state index contributed by atoms with van der Waals surface area (Å²) in [6.45, 7) is 4.82. The number of terminal acetylenes is 1. The van der Waals surface area contributed by atoms with Crippen molar-refractivity contribution in [3.05, 3.63) is 58.9 Å². The molecule has 1 aromatic heterocycles.